The van der Waals surface area contributed by atoms with Crippen LogP contribution in [-0.4, -0.2) is 36.2 Å². The quantitative estimate of drug-likeness (QED) is 0.489. The highest BCUT2D eigenvalue weighted by molar-refractivity contribution is 5.73. The summed E-state index contributed by atoms with van der Waals surface area (Å²) in [5.74, 6) is -0.924. The Morgan fingerprint density at radius 3 is 2.50 bits per heavy atom. The second kappa shape index (κ2) is 8.85. The topological polar surface area (TPSA) is 93.8 Å². The summed E-state index contributed by atoms with van der Waals surface area (Å²) in [4.78, 5) is 11.9. The molecule has 4 N–H and O–H groups in total. The van der Waals surface area contributed by atoms with Crippen LogP contribution in [0.15, 0.2) is 30.3 Å². The largest absolute Gasteiger partial charge is 0.460 e. The van der Waals surface area contributed by atoms with Gasteiger partial charge in [0.15, 0.2) is 0 Å². The predicted octanol–water partition coefficient (Wildman–Crippen LogP) is 0.985. The molecule has 0 amide bonds. The van der Waals surface area contributed by atoms with Gasteiger partial charge < -0.3 is 20.3 Å². The highest BCUT2D eigenvalue weighted by Gasteiger charge is 2.24. The number of rotatable bonds is 8. The van der Waals surface area contributed by atoms with Crippen molar-refractivity contribution < 1.29 is 19.4 Å². The number of nitrogens with two attached hydrogens (primary N) is 1. The molecule has 1 aromatic rings. The molecule has 0 spiro atoms. The average Bonchev–Trinajstić information content (AvgIpc) is 2.45. The number of carbonyl (C=O) groups is 1. The van der Waals surface area contributed by atoms with Gasteiger partial charge >= 0.3 is 5.97 Å². The number of hydrogen-bond donors (Lipinski definition) is 3. The Morgan fingerprint density at radius 2 is 1.95 bits per heavy atom. The summed E-state index contributed by atoms with van der Waals surface area (Å²) in [5, 5.41) is 12.5. The number of aliphatic hydroxyl groups excluding tert-OH is 1. The Morgan fingerprint density at radius 1 is 1.32 bits per heavy atom. The summed E-state index contributed by atoms with van der Waals surface area (Å²) in [6.45, 7) is 5.97. The minimum absolute atomic E-state index is 0.132. The Labute approximate surface area is 131 Å². The van der Waals surface area contributed by atoms with E-state index in [0.717, 1.165) is 5.56 Å². The lowest BCUT2D eigenvalue weighted by Crippen LogP contribution is -2.42. The number of ether oxygens (including phenoxy) is 2. The standard InChI is InChI=1S/C16H26N2O4/c1-16(2,3)22-14(19)13(9-17)10-18-15(20)21-11-12-7-5-4-6-8-12/h4-8,13,15,18,20H,9-11,17H2,1-3H3. The molecule has 22 heavy (non-hydrogen) atoms. The molecule has 0 radical (unpaired) electrons. The zero-order valence-electron chi connectivity index (χ0n) is 13.4. The van der Waals surface area contributed by atoms with Gasteiger partial charge in [0, 0.05) is 13.1 Å². The molecule has 0 aliphatic heterocycles. The maximum absolute atomic E-state index is 11.9. The van der Waals surface area contributed by atoms with Gasteiger partial charge in [0.2, 0.25) is 6.41 Å². The second-order valence-corrected chi connectivity index (χ2v) is 6.02. The van der Waals surface area contributed by atoms with E-state index in [2.05, 4.69) is 5.32 Å². The van der Waals surface area contributed by atoms with Crippen molar-refractivity contribution in [1.29, 1.82) is 0 Å². The zero-order chi connectivity index (χ0) is 16.6. The number of benzene rings is 1. The summed E-state index contributed by atoms with van der Waals surface area (Å²) in [6, 6.07) is 9.49. The van der Waals surface area contributed by atoms with Crippen molar-refractivity contribution in [3.8, 4) is 0 Å². The van der Waals surface area contributed by atoms with Crippen molar-refractivity contribution in [3.05, 3.63) is 35.9 Å². The van der Waals surface area contributed by atoms with Crippen molar-refractivity contribution in [1.82, 2.24) is 5.32 Å². The molecule has 2 unspecified atom stereocenters. The van der Waals surface area contributed by atoms with Gasteiger partial charge in [-0.15, -0.1) is 0 Å². The first-order valence-corrected chi connectivity index (χ1v) is 7.31. The molecule has 6 nitrogen and oxygen atoms in total. The van der Waals surface area contributed by atoms with Crippen LogP contribution in [0.25, 0.3) is 0 Å². The summed E-state index contributed by atoms with van der Waals surface area (Å²) >= 11 is 0. The summed E-state index contributed by atoms with van der Waals surface area (Å²) in [5.41, 5.74) is 5.97. The third-order valence-corrected chi connectivity index (χ3v) is 2.81. The molecule has 0 aliphatic carbocycles. The van der Waals surface area contributed by atoms with Gasteiger partial charge in [-0.1, -0.05) is 30.3 Å². The number of carbonyl (C=O) groups excluding carboxylic acids is 1. The van der Waals surface area contributed by atoms with Crippen molar-refractivity contribution in [2.45, 2.75) is 39.4 Å². The molecule has 0 saturated carbocycles. The van der Waals surface area contributed by atoms with Crippen molar-refractivity contribution in [2.24, 2.45) is 11.7 Å². The lowest BCUT2D eigenvalue weighted by Gasteiger charge is -2.24. The van der Waals surface area contributed by atoms with Gasteiger partial charge in [-0.25, -0.2) is 0 Å². The van der Waals surface area contributed by atoms with E-state index in [9.17, 15) is 9.90 Å². The molecule has 0 saturated heterocycles. The minimum Gasteiger partial charge on any atom is -0.460 e. The van der Waals surface area contributed by atoms with Gasteiger partial charge in [-0.2, -0.15) is 0 Å². The highest BCUT2D eigenvalue weighted by atomic mass is 16.6. The van der Waals surface area contributed by atoms with Crippen LogP contribution in [0.4, 0.5) is 0 Å². The molecule has 0 heterocycles. The summed E-state index contributed by atoms with van der Waals surface area (Å²) < 4.78 is 10.5. The van der Waals surface area contributed by atoms with Crippen molar-refractivity contribution >= 4 is 5.97 Å². The van der Waals surface area contributed by atoms with E-state index >= 15 is 0 Å². The fourth-order valence-electron chi connectivity index (χ4n) is 1.70. The number of nitrogens with one attached hydrogen (secondary N) is 1. The third-order valence-electron chi connectivity index (χ3n) is 2.81. The zero-order valence-corrected chi connectivity index (χ0v) is 13.4. The Kier molecular flexibility index (Phi) is 7.47. The Hall–Kier alpha value is -1.47. The first-order chi connectivity index (χ1) is 10.3. The van der Waals surface area contributed by atoms with Gasteiger partial charge in [0.1, 0.15) is 5.60 Å². The molecule has 2 atom stereocenters. The first kappa shape index (κ1) is 18.6. The molecule has 0 bridgehead atoms. The lowest BCUT2D eigenvalue weighted by molar-refractivity contribution is -0.161. The minimum atomic E-state index is -1.17. The van der Waals surface area contributed by atoms with Gasteiger partial charge in [0.05, 0.1) is 12.5 Å². The molecular weight excluding hydrogens is 284 g/mol. The van der Waals surface area contributed by atoms with E-state index in [-0.39, 0.29) is 19.7 Å². The van der Waals surface area contributed by atoms with Gasteiger partial charge in [0.25, 0.3) is 0 Å². The molecule has 0 aromatic heterocycles. The smallest absolute Gasteiger partial charge is 0.312 e. The maximum Gasteiger partial charge on any atom is 0.312 e. The van der Waals surface area contributed by atoms with E-state index in [1.54, 1.807) is 20.8 Å². The van der Waals surface area contributed by atoms with Crippen LogP contribution in [0.5, 0.6) is 0 Å². The predicted molar refractivity (Wildman–Crippen MR) is 83.6 cm³/mol. The van der Waals surface area contributed by atoms with Crippen LogP contribution < -0.4 is 11.1 Å². The SMILES string of the molecule is CC(C)(C)OC(=O)C(CN)CNC(O)OCc1ccccc1. The van der Waals surface area contributed by atoms with Gasteiger partial charge in [-0.05, 0) is 26.3 Å². The molecule has 124 valence electrons. The third kappa shape index (κ3) is 7.51. The van der Waals surface area contributed by atoms with E-state index in [1.807, 2.05) is 30.3 Å². The molecular formula is C16H26N2O4. The van der Waals surface area contributed by atoms with Crippen LogP contribution in [0.3, 0.4) is 0 Å². The fourth-order valence-corrected chi connectivity index (χ4v) is 1.70. The summed E-state index contributed by atoms with van der Waals surface area (Å²) in [7, 11) is 0. The van der Waals surface area contributed by atoms with Gasteiger partial charge in [-0.3, -0.25) is 10.1 Å². The van der Waals surface area contributed by atoms with Crippen molar-refractivity contribution in [2.75, 3.05) is 13.1 Å². The second-order valence-electron chi connectivity index (χ2n) is 6.02. The average molecular weight is 310 g/mol. The molecule has 6 heteroatoms. The fraction of sp³-hybridized carbons (Fsp3) is 0.562. The Balaban J connectivity index is 2.34. The van der Waals surface area contributed by atoms with Crippen molar-refractivity contribution in [3.63, 3.8) is 0 Å². The molecule has 1 aromatic carbocycles. The van der Waals surface area contributed by atoms with Crippen LogP contribution >= 0.6 is 0 Å². The number of esters is 1. The lowest BCUT2D eigenvalue weighted by atomic mass is 10.1. The Bertz CT molecular complexity index is 445. The first-order valence-electron chi connectivity index (χ1n) is 7.31. The molecule has 0 fully saturated rings. The number of aliphatic hydroxyl groups is 1. The van der Waals surface area contributed by atoms with E-state index in [4.69, 9.17) is 15.2 Å². The monoisotopic (exact) mass is 310 g/mol. The number of hydrogen-bond acceptors (Lipinski definition) is 6. The van der Waals surface area contributed by atoms with E-state index < -0.39 is 23.9 Å². The summed E-state index contributed by atoms with van der Waals surface area (Å²) in [6.07, 6.45) is -1.17. The normalized spacial score (nSPS) is 14.4. The van der Waals surface area contributed by atoms with Crippen LogP contribution in [0, 0.1) is 5.92 Å². The molecule has 1 rings (SSSR count). The highest BCUT2D eigenvalue weighted by Crippen LogP contribution is 2.10. The molecule has 0 aliphatic rings. The van der Waals surface area contributed by atoms with Crippen LogP contribution in [0.2, 0.25) is 0 Å². The van der Waals surface area contributed by atoms with E-state index in [1.165, 1.54) is 0 Å². The van der Waals surface area contributed by atoms with Crippen LogP contribution in [-0.2, 0) is 20.9 Å². The van der Waals surface area contributed by atoms with Crippen LogP contribution in [0.1, 0.15) is 26.3 Å². The van der Waals surface area contributed by atoms with E-state index in [0.29, 0.717) is 0 Å². The maximum atomic E-state index is 11.9.